The Hall–Kier alpha value is -3.25. The number of hydrogen-bond donors (Lipinski definition) is 3. The van der Waals surface area contributed by atoms with E-state index in [-0.39, 0.29) is 5.91 Å². The van der Waals surface area contributed by atoms with Gasteiger partial charge in [-0.05, 0) is 51.1 Å². The van der Waals surface area contributed by atoms with E-state index in [1.807, 2.05) is 43.4 Å². The second kappa shape index (κ2) is 9.98. The molecule has 1 amide bonds. The first-order chi connectivity index (χ1) is 14.5. The molecule has 3 N–H and O–H groups in total. The molecule has 0 unspecified atom stereocenters. The number of nitrogens with zero attached hydrogens (tertiary/aromatic N) is 1. The molecule has 0 aliphatic heterocycles. The number of carbonyl (C=O) groups excluding carboxylic acids is 2. The van der Waals surface area contributed by atoms with Crippen molar-refractivity contribution in [3.05, 3.63) is 71.6 Å². The number of aromatic nitrogens is 1. The fraction of sp³-hybridized carbons (Fsp3) is 0.292. The quantitative estimate of drug-likeness (QED) is 0.418. The molecule has 6 heteroatoms. The number of benzene rings is 1. The van der Waals surface area contributed by atoms with Crippen LogP contribution in [0.5, 0.6) is 0 Å². The minimum absolute atomic E-state index is 0.0326. The van der Waals surface area contributed by atoms with Crippen molar-refractivity contribution in [1.82, 2.24) is 20.9 Å². The Kier molecular flexibility index (Phi) is 7.14. The molecule has 0 radical (unpaired) electrons. The van der Waals surface area contributed by atoms with Gasteiger partial charge in [0.2, 0.25) is 0 Å². The summed E-state index contributed by atoms with van der Waals surface area (Å²) in [6.07, 6.45) is 5.41. The number of rotatable bonds is 10. The zero-order valence-electron chi connectivity index (χ0n) is 17.5. The molecule has 1 aliphatic carbocycles. The van der Waals surface area contributed by atoms with E-state index in [0.29, 0.717) is 29.3 Å². The van der Waals surface area contributed by atoms with Crippen LogP contribution in [0.3, 0.4) is 0 Å². The molecule has 1 aromatic heterocycles. The van der Waals surface area contributed by atoms with Gasteiger partial charge in [0.05, 0.1) is 5.69 Å². The highest BCUT2D eigenvalue weighted by molar-refractivity contribution is 5.95. The third-order valence-electron chi connectivity index (χ3n) is 5.04. The van der Waals surface area contributed by atoms with Gasteiger partial charge < -0.3 is 16.0 Å². The number of aldehydes is 1. The van der Waals surface area contributed by atoms with Crippen LogP contribution in [0.1, 0.15) is 42.1 Å². The van der Waals surface area contributed by atoms with Crippen molar-refractivity contribution in [3.63, 3.8) is 0 Å². The van der Waals surface area contributed by atoms with Crippen LogP contribution in [0.25, 0.3) is 17.0 Å². The molecule has 1 fully saturated rings. The van der Waals surface area contributed by atoms with Gasteiger partial charge in [-0.1, -0.05) is 18.7 Å². The average Bonchev–Trinajstić information content (AvgIpc) is 3.60. The smallest absolute Gasteiger partial charge is 0.251 e. The Morgan fingerprint density at radius 3 is 2.57 bits per heavy atom. The summed E-state index contributed by atoms with van der Waals surface area (Å²) < 4.78 is 0. The average molecular weight is 405 g/mol. The van der Waals surface area contributed by atoms with Gasteiger partial charge in [0, 0.05) is 58.9 Å². The van der Waals surface area contributed by atoms with Gasteiger partial charge in [-0.25, -0.2) is 0 Å². The minimum atomic E-state index is -0.0326. The molecule has 2 aromatic rings. The Morgan fingerprint density at radius 2 is 1.93 bits per heavy atom. The summed E-state index contributed by atoms with van der Waals surface area (Å²) in [6.45, 7) is 6.67. The summed E-state index contributed by atoms with van der Waals surface area (Å²) >= 11 is 0. The number of allylic oxidation sites excluding steroid dienone is 1. The number of amides is 1. The van der Waals surface area contributed by atoms with Gasteiger partial charge in [0.1, 0.15) is 6.29 Å². The third kappa shape index (κ3) is 5.64. The molecular weight excluding hydrogens is 376 g/mol. The molecular formula is C24H28N4O2. The molecule has 0 spiro atoms. The normalized spacial score (nSPS) is 13.9. The maximum atomic E-state index is 12.2. The number of carbonyl (C=O) groups is 2. The predicted molar refractivity (Wildman–Crippen MR) is 120 cm³/mol. The lowest BCUT2D eigenvalue weighted by atomic mass is 10.1. The summed E-state index contributed by atoms with van der Waals surface area (Å²) in [4.78, 5) is 27.8. The van der Waals surface area contributed by atoms with Crippen LogP contribution in [-0.4, -0.2) is 36.8 Å². The summed E-state index contributed by atoms with van der Waals surface area (Å²) in [6, 6.07) is 11.6. The number of pyridine rings is 1. The summed E-state index contributed by atoms with van der Waals surface area (Å²) in [7, 11) is 1.87. The fourth-order valence-electron chi connectivity index (χ4n) is 3.00. The molecule has 0 atom stereocenters. The van der Waals surface area contributed by atoms with E-state index in [1.54, 1.807) is 13.1 Å². The molecule has 1 aliphatic rings. The molecule has 6 nitrogen and oxygen atoms in total. The van der Waals surface area contributed by atoms with Gasteiger partial charge in [0.25, 0.3) is 5.91 Å². The highest BCUT2D eigenvalue weighted by Gasteiger charge is 2.23. The molecule has 1 aromatic carbocycles. The van der Waals surface area contributed by atoms with Crippen LogP contribution in [0.2, 0.25) is 0 Å². The Labute approximate surface area is 177 Å². The second-order valence-electron chi connectivity index (χ2n) is 7.49. The molecule has 156 valence electrons. The molecule has 30 heavy (non-hydrogen) atoms. The van der Waals surface area contributed by atoms with Crippen LogP contribution < -0.4 is 16.0 Å². The van der Waals surface area contributed by atoms with Crippen LogP contribution in [-0.2, 0) is 4.79 Å². The van der Waals surface area contributed by atoms with Gasteiger partial charge in [0.15, 0.2) is 0 Å². The molecule has 0 bridgehead atoms. The van der Waals surface area contributed by atoms with Crippen LogP contribution in [0.15, 0.2) is 60.4 Å². The second-order valence-corrected chi connectivity index (χ2v) is 7.49. The first-order valence-electron chi connectivity index (χ1n) is 10.1. The molecule has 1 saturated carbocycles. The topological polar surface area (TPSA) is 83.1 Å². The number of nitrogens with one attached hydrogen (secondary N) is 3. The van der Waals surface area contributed by atoms with Crippen molar-refractivity contribution in [3.8, 4) is 11.3 Å². The standard InChI is InChI=1S/C24H28N4O2/c1-16(15-29)22(11-12-25-3)27-17(2)20-10-13-26-23(14-20)18-4-6-19(7-5-18)24(30)28-21-8-9-21/h4-7,10,13-15,21,25,27H,2,8-9,11-12H2,1,3H3,(H,28,30)/b22-16+. The third-order valence-corrected chi connectivity index (χ3v) is 5.04. The van der Waals surface area contributed by atoms with Crippen LogP contribution >= 0.6 is 0 Å². The van der Waals surface area contributed by atoms with E-state index in [4.69, 9.17) is 0 Å². The number of hydrogen-bond acceptors (Lipinski definition) is 5. The maximum Gasteiger partial charge on any atom is 0.251 e. The largest absolute Gasteiger partial charge is 0.359 e. The van der Waals surface area contributed by atoms with Crippen molar-refractivity contribution >= 4 is 17.9 Å². The van der Waals surface area contributed by atoms with Crippen molar-refractivity contribution < 1.29 is 9.59 Å². The van der Waals surface area contributed by atoms with E-state index >= 15 is 0 Å². The molecule has 0 saturated heterocycles. The molecule has 1 heterocycles. The Morgan fingerprint density at radius 1 is 1.20 bits per heavy atom. The van der Waals surface area contributed by atoms with Crippen LogP contribution in [0, 0.1) is 0 Å². The summed E-state index contributed by atoms with van der Waals surface area (Å²) in [5.74, 6) is -0.0326. The van der Waals surface area contributed by atoms with Gasteiger partial charge >= 0.3 is 0 Å². The zero-order valence-corrected chi connectivity index (χ0v) is 17.5. The van der Waals surface area contributed by atoms with Gasteiger partial charge in [-0.2, -0.15) is 0 Å². The summed E-state index contributed by atoms with van der Waals surface area (Å²) in [5.41, 5.74) is 5.44. The Bertz CT molecular complexity index is 959. The van der Waals surface area contributed by atoms with E-state index in [0.717, 1.165) is 48.2 Å². The zero-order chi connectivity index (χ0) is 21.5. The van der Waals surface area contributed by atoms with E-state index < -0.39 is 0 Å². The fourth-order valence-corrected chi connectivity index (χ4v) is 3.00. The van der Waals surface area contributed by atoms with Crippen molar-refractivity contribution in [2.45, 2.75) is 32.2 Å². The van der Waals surface area contributed by atoms with E-state index in [1.165, 1.54) is 0 Å². The van der Waals surface area contributed by atoms with Crippen LogP contribution in [0.4, 0.5) is 0 Å². The highest BCUT2D eigenvalue weighted by atomic mass is 16.1. The van der Waals surface area contributed by atoms with Crippen molar-refractivity contribution in [1.29, 1.82) is 0 Å². The van der Waals surface area contributed by atoms with E-state index in [9.17, 15) is 9.59 Å². The SMILES string of the molecule is C=C(N/C(CCNC)=C(\C)C=O)c1ccnc(-c2ccc(C(=O)NC3CC3)cc2)c1. The van der Waals surface area contributed by atoms with Crippen molar-refractivity contribution in [2.75, 3.05) is 13.6 Å². The van der Waals surface area contributed by atoms with E-state index in [2.05, 4.69) is 27.5 Å². The monoisotopic (exact) mass is 404 g/mol. The van der Waals surface area contributed by atoms with Gasteiger partial charge in [-0.15, -0.1) is 0 Å². The first-order valence-corrected chi connectivity index (χ1v) is 10.1. The summed E-state index contributed by atoms with van der Waals surface area (Å²) in [5, 5.41) is 9.36. The minimum Gasteiger partial charge on any atom is -0.359 e. The lowest BCUT2D eigenvalue weighted by molar-refractivity contribution is -0.104. The lowest BCUT2D eigenvalue weighted by Gasteiger charge is -2.15. The Balaban J connectivity index is 1.74. The van der Waals surface area contributed by atoms with Crippen molar-refractivity contribution in [2.24, 2.45) is 0 Å². The lowest BCUT2D eigenvalue weighted by Crippen LogP contribution is -2.25. The predicted octanol–water partition coefficient (Wildman–Crippen LogP) is 3.28. The van der Waals surface area contributed by atoms with Gasteiger partial charge in [-0.3, -0.25) is 14.6 Å². The first kappa shape index (κ1) is 21.5. The maximum absolute atomic E-state index is 12.2. The molecule has 3 rings (SSSR count). The highest BCUT2D eigenvalue weighted by Crippen LogP contribution is 2.23.